The number of amides is 1. The van der Waals surface area contributed by atoms with Crippen molar-refractivity contribution in [2.75, 3.05) is 26.7 Å². The molecule has 0 aliphatic carbocycles. The lowest BCUT2D eigenvalue weighted by Gasteiger charge is -2.32. The number of benzene rings is 3. The molecular weight excluding hydrogens is 484 g/mol. The number of para-hydroxylation sites is 1. The van der Waals surface area contributed by atoms with E-state index in [-0.39, 0.29) is 12.5 Å². The van der Waals surface area contributed by atoms with Crippen LogP contribution in [0, 0.1) is 6.92 Å². The second kappa shape index (κ2) is 12.4. The van der Waals surface area contributed by atoms with Crippen LogP contribution in [0.2, 0.25) is 0 Å². The predicted molar refractivity (Wildman–Crippen MR) is 146 cm³/mol. The molecule has 0 saturated heterocycles. The van der Waals surface area contributed by atoms with Crippen LogP contribution < -0.4 is 4.74 Å². The van der Waals surface area contributed by atoms with Crippen molar-refractivity contribution in [1.29, 1.82) is 0 Å². The number of aryl methyl sites for hydroxylation is 1. The van der Waals surface area contributed by atoms with E-state index in [1.165, 1.54) is 0 Å². The fourth-order valence-corrected chi connectivity index (χ4v) is 6.71. The molecule has 0 aromatic heterocycles. The van der Waals surface area contributed by atoms with Gasteiger partial charge in [-0.2, -0.15) is 4.31 Å². The average Bonchev–Trinajstić information content (AvgIpc) is 2.90. The summed E-state index contributed by atoms with van der Waals surface area (Å²) in [6, 6.07) is 23.8. The van der Waals surface area contributed by atoms with Crippen molar-refractivity contribution in [3.05, 3.63) is 95.6 Å². The lowest BCUT2D eigenvalue weighted by molar-refractivity contribution is 0.0785. The molecule has 3 aromatic rings. The summed E-state index contributed by atoms with van der Waals surface area (Å²) in [6.45, 7) is 3.02. The van der Waals surface area contributed by atoms with Gasteiger partial charge in [0.25, 0.3) is 5.91 Å². The van der Waals surface area contributed by atoms with Crippen molar-refractivity contribution in [3.63, 3.8) is 0 Å². The largest absolute Gasteiger partial charge is 0.491 e. The van der Waals surface area contributed by atoms with Gasteiger partial charge in [0.15, 0.2) is 0 Å². The van der Waals surface area contributed by atoms with Gasteiger partial charge in [0, 0.05) is 20.1 Å². The molecule has 0 fully saturated rings. The zero-order chi connectivity index (χ0) is 26.3. The minimum Gasteiger partial charge on any atom is -0.491 e. The standard InChI is InChI=1S/C30H36N2O4S/c1-24-14-8-11-19-29(24)37(34,35)32-21-13-4-3-12-20-31(2)30(33)27-17-9-10-18-28(27)36-23-26(32)22-25-15-6-5-7-16-25/h5-11,14-19,26H,3-4,12-13,20-23H2,1-2H3/t26-/m1/s1. The van der Waals surface area contributed by atoms with E-state index in [0.717, 1.165) is 36.8 Å². The fraction of sp³-hybridized carbons (Fsp3) is 0.367. The predicted octanol–water partition coefficient (Wildman–Crippen LogP) is 5.32. The normalized spacial score (nSPS) is 18.5. The van der Waals surface area contributed by atoms with E-state index in [1.807, 2.05) is 68.6 Å². The van der Waals surface area contributed by atoms with Gasteiger partial charge in [0.2, 0.25) is 10.0 Å². The van der Waals surface area contributed by atoms with Crippen LogP contribution in [0.15, 0.2) is 83.8 Å². The van der Waals surface area contributed by atoms with Gasteiger partial charge in [0.1, 0.15) is 12.4 Å². The van der Waals surface area contributed by atoms with Gasteiger partial charge in [0.05, 0.1) is 16.5 Å². The molecule has 6 nitrogen and oxygen atoms in total. The molecule has 1 aliphatic heterocycles. The van der Waals surface area contributed by atoms with Crippen molar-refractivity contribution in [2.24, 2.45) is 0 Å². The van der Waals surface area contributed by atoms with Crippen LogP contribution in [-0.4, -0.2) is 56.3 Å². The van der Waals surface area contributed by atoms with Crippen LogP contribution in [0.25, 0.3) is 0 Å². The Bertz CT molecular complexity index is 1290. The molecule has 0 spiro atoms. The number of ether oxygens (including phenoxy) is 1. The fourth-order valence-electron chi connectivity index (χ4n) is 4.83. The van der Waals surface area contributed by atoms with E-state index >= 15 is 0 Å². The molecule has 1 atom stereocenters. The Balaban J connectivity index is 1.75. The number of hydrogen-bond donors (Lipinski definition) is 0. The highest BCUT2D eigenvalue weighted by Crippen LogP contribution is 2.27. The lowest BCUT2D eigenvalue weighted by atomic mass is 10.1. The van der Waals surface area contributed by atoms with Gasteiger partial charge >= 0.3 is 0 Å². The van der Waals surface area contributed by atoms with Gasteiger partial charge in [-0.05, 0) is 55.5 Å². The van der Waals surface area contributed by atoms with E-state index in [0.29, 0.717) is 35.7 Å². The number of carbonyl (C=O) groups excluding carboxylic acids is 1. The second-order valence-corrected chi connectivity index (χ2v) is 11.5. The van der Waals surface area contributed by atoms with Crippen molar-refractivity contribution in [1.82, 2.24) is 9.21 Å². The number of fused-ring (bicyclic) bond motifs is 1. The minimum absolute atomic E-state index is 0.0864. The molecule has 0 unspecified atom stereocenters. The Morgan fingerprint density at radius 2 is 1.49 bits per heavy atom. The molecule has 0 radical (unpaired) electrons. The van der Waals surface area contributed by atoms with Crippen LogP contribution in [0.1, 0.15) is 47.2 Å². The van der Waals surface area contributed by atoms with Crippen LogP contribution in [0.5, 0.6) is 5.75 Å². The zero-order valence-electron chi connectivity index (χ0n) is 21.7. The molecule has 0 saturated carbocycles. The number of nitrogens with zero attached hydrogens (tertiary/aromatic N) is 2. The molecular formula is C30H36N2O4S. The SMILES string of the molecule is Cc1ccccc1S(=O)(=O)N1CCCCCCN(C)C(=O)c2ccccc2OC[C@H]1Cc1ccccc1. The summed E-state index contributed by atoms with van der Waals surface area (Å²) in [5, 5.41) is 0. The first-order valence-corrected chi connectivity index (χ1v) is 14.4. The molecule has 0 N–H and O–H groups in total. The Morgan fingerprint density at radius 3 is 2.24 bits per heavy atom. The third-order valence-corrected chi connectivity index (χ3v) is 9.03. The Labute approximate surface area is 220 Å². The monoisotopic (exact) mass is 520 g/mol. The van der Waals surface area contributed by atoms with Gasteiger partial charge in [-0.25, -0.2) is 8.42 Å². The molecule has 1 amide bonds. The summed E-state index contributed by atoms with van der Waals surface area (Å²) in [6.07, 6.45) is 3.92. The third kappa shape index (κ3) is 6.59. The zero-order valence-corrected chi connectivity index (χ0v) is 22.5. The smallest absolute Gasteiger partial charge is 0.257 e. The molecule has 4 rings (SSSR count). The lowest BCUT2D eigenvalue weighted by Crippen LogP contribution is -2.45. The van der Waals surface area contributed by atoms with E-state index < -0.39 is 16.1 Å². The highest BCUT2D eigenvalue weighted by atomic mass is 32.2. The van der Waals surface area contributed by atoms with Crippen molar-refractivity contribution < 1.29 is 17.9 Å². The van der Waals surface area contributed by atoms with E-state index in [2.05, 4.69) is 0 Å². The summed E-state index contributed by atoms with van der Waals surface area (Å²) < 4.78 is 36.1. The molecule has 3 aromatic carbocycles. The molecule has 1 heterocycles. The number of sulfonamides is 1. The van der Waals surface area contributed by atoms with Crippen LogP contribution in [0.4, 0.5) is 0 Å². The number of hydrogen-bond acceptors (Lipinski definition) is 4. The molecule has 0 bridgehead atoms. The number of rotatable bonds is 4. The van der Waals surface area contributed by atoms with Gasteiger partial charge in [-0.1, -0.05) is 73.5 Å². The molecule has 37 heavy (non-hydrogen) atoms. The first-order chi connectivity index (χ1) is 17.9. The van der Waals surface area contributed by atoms with Gasteiger partial charge in [-0.15, -0.1) is 0 Å². The molecule has 1 aliphatic rings. The summed E-state index contributed by atoms with van der Waals surface area (Å²) in [5.41, 5.74) is 2.25. The average molecular weight is 521 g/mol. The minimum atomic E-state index is -3.79. The first-order valence-electron chi connectivity index (χ1n) is 13.0. The quantitative estimate of drug-likeness (QED) is 0.467. The third-order valence-electron chi connectivity index (χ3n) is 6.92. The maximum atomic E-state index is 14.1. The molecule has 196 valence electrons. The van der Waals surface area contributed by atoms with Crippen LogP contribution in [-0.2, 0) is 16.4 Å². The summed E-state index contributed by atoms with van der Waals surface area (Å²) >= 11 is 0. The Hall–Kier alpha value is -3.16. The van der Waals surface area contributed by atoms with Crippen LogP contribution in [0.3, 0.4) is 0 Å². The number of carbonyl (C=O) groups is 1. The Kier molecular flexibility index (Phi) is 9.00. The van der Waals surface area contributed by atoms with Gasteiger partial charge in [-0.3, -0.25) is 4.79 Å². The van der Waals surface area contributed by atoms with Crippen molar-refractivity contribution in [2.45, 2.75) is 50.0 Å². The van der Waals surface area contributed by atoms with Crippen molar-refractivity contribution >= 4 is 15.9 Å². The summed E-state index contributed by atoms with van der Waals surface area (Å²) in [5.74, 6) is 0.388. The first kappa shape index (κ1) is 26.9. The van der Waals surface area contributed by atoms with Gasteiger partial charge < -0.3 is 9.64 Å². The Morgan fingerprint density at radius 1 is 0.838 bits per heavy atom. The second-order valence-electron chi connectivity index (χ2n) is 9.67. The molecule has 7 heteroatoms. The van der Waals surface area contributed by atoms with E-state index in [4.69, 9.17) is 4.74 Å². The summed E-state index contributed by atoms with van der Waals surface area (Å²) in [4.78, 5) is 15.2. The van der Waals surface area contributed by atoms with E-state index in [9.17, 15) is 13.2 Å². The maximum absolute atomic E-state index is 14.1. The maximum Gasteiger partial charge on any atom is 0.257 e. The highest BCUT2D eigenvalue weighted by molar-refractivity contribution is 7.89. The summed E-state index contributed by atoms with van der Waals surface area (Å²) in [7, 11) is -1.97. The van der Waals surface area contributed by atoms with Crippen molar-refractivity contribution in [3.8, 4) is 5.75 Å². The topological polar surface area (TPSA) is 66.9 Å². The highest BCUT2D eigenvalue weighted by Gasteiger charge is 2.33. The van der Waals surface area contributed by atoms with E-state index in [1.54, 1.807) is 33.5 Å². The van der Waals surface area contributed by atoms with Crippen LogP contribution >= 0.6 is 0 Å².